The van der Waals surface area contributed by atoms with E-state index in [1.165, 1.54) is 6.07 Å². The van der Waals surface area contributed by atoms with E-state index >= 15 is 0 Å². The van der Waals surface area contributed by atoms with Gasteiger partial charge >= 0.3 is 5.97 Å². The highest BCUT2D eigenvalue weighted by Gasteiger charge is 2.33. The van der Waals surface area contributed by atoms with Crippen molar-refractivity contribution in [3.05, 3.63) is 33.7 Å². The van der Waals surface area contributed by atoms with Crippen molar-refractivity contribution in [2.45, 2.75) is 33.7 Å². The Bertz CT molecular complexity index is 554. The van der Waals surface area contributed by atoms with E-state index in [4.69, 9.17) is 5.11 Å². The first kappa shape index (κ1) is 14.9. The Balaban J connectivity index is 3.01. The van der Waals surface area contributed by atoms with Crippen LogP contribution in [0.5, 0.6) is 0 Å². The van der Waals surface area contributed by atoms with Crippen molar-refractivity contribution in [2.75, 3.05) is 0 Å². The van der Waals surface area contributed by atoms with Crippen molar-refractivity contribution >= 4 is 11.9 Å². The Morgan fingerprint density at radius 3 is 2.32 bits per heavy atom. The summed E-state index contributed by atoms with van der Waals surface area (Å²) in [4.78, 5) is 37.2. The molecular weight excluding hydrogens is 248 g/mol. The highest BCUT2D eigenvalue weighted by molar-refractivity contribution is 5.96. The first-order chi connectivity index (χ1) is 8.62. The lowest BCUT2D eigenvalue weighted by Gasteiger charge is -2.27. The van der Waals surface area contributed by atoms with Crippen LogP contribution in [0.2, 0.25) is 0 Å². The Kier molecular flexibility index (Phi) is 4.14. The monoisotopic (exact) mass is 266 g/mol. The molecule has 6 nitrogen and oxygen atoms in total. The molecular formula is C13H18N2O4. The molecule has 1 rings (SSSR count). The number of hydrogen-bond acceptors (Lipinski definition) is 3. The minimum Gasteiger partial charge on any atom is -0.480 e. The first-order valence-corrected chi connectivity index (χ1v) is 5.86. The van der Waals surface area contributed by atoms with Crippen LogP contribution in [0.25, 0.3) is 0 Å². The average Bonchev–Trinajstić information content (AvgIpc) is 2.23. The Labute approximate surface area is 110 Å². The van der Waals surface area contributed by atoms with Crippen molar-refractivity contribution < 1.29 is 14.7 Å². The van der Waals surface area contributed by atoms with E-state index in [1.807, 2.05) is 0 Å². The third kappa shape index (κ3) is 3.67. The average molecular weight is 266 g/mol. The zero-order chi connectivity index (χ0) is 14.8. The molecule has 0 saturated heterocycles. The molecule has 104 valence electrons. The minimum atomic E-state index is -1.13. The fraction of sp³-hybridized carbons (Fsp3) is 0.462. The number of hydrogen-bond donors (Lipinski definition) is 3. The number of rotatable bonds is 3. The summed E-state index contributed by atoms with van der Waals surface area (Å²) in [5, 5.41) is 11.5. The fourth-order valence-corrected chi connectivity index (χ4v) is 1.61. The number of H-pyrrole nitrogens is 1. The number of pyridine rings is 1. The minimum absolute atomic E-state index is 0.0962. The summed E-state index contributed by atoms with van der Waals surface area (Å²) in [6, 6.07) is 1.90. The van der Waals surface area contributed by atoms with Crippen LogP contribution in [0.3, 0.4) is 0 Å². The van der Waals surface area contributed by atoms with E-state index in [0.29, 0.717) is 5.69 Å². The number of carboxylic acids is 1. The van der Waals surface area contributed by atoms with Crippen LogP contribution < -0.4 is 10.9 Å². The van der Waals surface area contributed by atoms with Gasteiger partial charge in [0.25, 0.3) is 11.5 Å². The number of aromatic amines is 1. The standard InChI is InChI=1S/C13H18N2O4/c1-7-5-6-8(10(16)14-7)11(17)15-9(12(18)19)13(2,3)4/h5-6,9H,1-4H3,(H,14,16)(H,15,17)(H,18,19)/t9-/m1/s1. The zero-order valence-corrected chi connectivity index (χ0v) is 11.4. The molecule has 0 unspecified atom stereocenters. The molecule has 6 heteroatoms. The molecule has 0 radical (unpaired) electrons. The van der Waals surface area contributed by atoms with Crippen LogP contribution in [-0.2, 0) is 4.79 Å². The van der Waals surface area contributed by atoms with E-state index in [9.17, 15) is 14.4 Å². The molecule has 1 atom stereocenters. The second-order valence-corrected chi connectivity index (χ2v) is 5.49. The second kappa shape index (κ2) is 5.26. The van der Waals surface area contributed by atoms with E-state index in [1.54, 1.807) is 33.8 Å². The fourth-order valence-electron chi connectivity index (χ4n) is 1.61. The smallest absolute Gasteiger partial charge is 0.326 e. The molecule has 1 heterocycles. The molecule has 0 aliphatic carbocycles. The lowest BCUT2D eigenvalue weighted by Crippen LogP contribution is -2.49. The molecule has 0 aliphatic rings. The predicted molar refractivity (Wildman–Crippen MR) is 70.1 cm³/mol. The number of amides is 1. The van der Waals surface area contributed by atoms with Crippen molar-refractivity contribution in [3.8, 4) is 0 Å². The summed E-state index contributed by atoms with van der Waals surface area (Å²) in [5.41, 5.74) is -0.650. The topological polar surface area (TPSA) is 99.3 Å². The molecule has 19 heavy (non-hydrogen) atoms. The second-order valence-electron chi connectivity index (χ2n) is 5.49. The highest BCUT2D eigenvalue weighted by Crippen LogP contribution is 2.19. The van der Waals surface area contributed by atoms with E-state index in [2.05, 4.69) is 10.3 Å². The summed E-state index contributed by atoms with van der Waals surface area (Å²) < 4.78 is 0. The number of aryl methyl sites for hydroxylation is 1. The van der Waals surface area contributed by atoms with Gasteiger partial charge in [-0.05, 0) is 24.5 Å². The molecule has 3 N–H and O–H groups in total. The molecule has 0 bridgehead atoms. The lowest BCUT2D eigenvalue weighted by atomic mass is 9.86. The third-order valence-corrected chi connectivity index (χ3v) is 2.69. The number of carbonyl (C=O) groups is 2. The van der Waals surface area contributed by atoms with Gasteiger partial charge in [-0.2, -0.15) is 0 Å². The summed E-state index contributed by atoms with van der Waals surface area (Å²) in [7, 11) is 0. The number of carbonyl (C=O) groups excluding carboxylic acids is 1. The quantitative estimate of drug-likeness (QED) is 0.757. The molecule has 1 amide bonds. The van der Waals surface area contributed by atoms with Crippen molar-refractivity contribution in [3.63, 3.8) is 0 Å². The van der Waals surface area contributed by atoms with Crippen LogP contribution in [0.1, 0.15) is 36.8 Å². The number of nitrogens with one attached hydrogen (secondary N) is 2. The van der Waals surface area contributed by atoms with Crippen LogP contribution in [-0.4, -0.2) is 28.0 Å². The summed E-state index contributed by atoms with van der Waals surface area (Å²) in [6.45, 7) is 6.79. The van der Waals surface area contributed by atoms with Gasteiger partial charge in [0.1, 0.15) is 11.6 Å². The Morgan fingerprint density at radius 1 is 1.32 bits per heavy atom. The van der Waals surface area contributed by atoms with Crippen LogP contribution in [0, 0.1) is 12.3 Å². The molecule has 0 spiro atoms. The Morgan fingerprint density at radius 2 is 1.89 bits per heavy atom. The number of aromatic nitrogens is 1. The van der Waals surface area contributed by atoms with Gasteiger partial charge in [-0.15, -0.1) is 0 Å². The van der Waals surface area contributed by atoms with Crippen molar-refractivity contribution in [2.24, 2.45) is 5.41 Å². The maximum Gasteiger partial charge on any atom is 0.326 e. The summed E-state index contributed by atoms with van der Waals surface area (Å²) in [5.74, 6) is -1.83. The van der Waals surface area contributed by atoms with E-state index < -0.39 is 28.9 Å². The lowest BCUT2D eigenvalue weighted by molar-refractivity contribution is -0.142. The molecule has 0 fully saturated rings. The molecule has 1 aromatic rings. The number of aliphatic carboxylic acids is 1. The molecule has 1 aromatic heterocycles. The van der Waals surface area contributed by atoms with Gasteiger partial charge in [-0.25, -0.2) is 4.79 Å². The predicted octanol–water partition coefficient (Wildman–Crippen LogP) is 0.912. The van der Waals surface area contributed by atoms with Gasteiger partial charge in [-0.3, -0.25) is 9.59 Å². The first-order valence-electron chi connectivity index (χ1n) is 5.86. The van der Waals surface area contributed by atoms with E-state index in [-0.39, 0.29) is 5.56 Å². The van der Waals surface area contributed by atoms with E-state index in [0.717, 1.165) is 0 Å². The normalized spacial score (nSPS) is 12.8. The molecule has 0 aliphatic heterocycles. The van der Waals surface area contributed by atoms with Crippen LogP contribution in [0.4, 0.5) is 0 Å². The molecule has 0 saturated carbocycles. The summed E-state index contributed by atoms with van der Waals surface area (Å²) in [6.07, 6.45) is 0. The van der Waals surface area contributed by atoms with Gasteiger partial charge in [0, 0.05) is 5.69 Å². The number of carboxylic acid groups (broad SMARTS) is 1. The van der Waals surface area contributed by atoms with Crippen LogP contribution >= 0.6 is 0 Å². The highest BCUT2D eigenvalue weighted by atomic mass is 16.4. The van der Waals surface area contributed by atoms with Gasteiger partial charge < -0.3 is 15.4 Å². The third-order valence-electron chi connectivity index (χ3n) is 2.69. The maximum atomic E-state index is 11.9. The van der Waals surface area contributed by atoms with Gasteiger partial charge in [0.2, 0.25) is 0 Å². The largest absolute Gasteiger partial charge is 0.480 e. The summed E-state index contributed by atoms with van der Waals surface area (Å²) >= 11 is 0. The van der Waals surface area contributed by atoms with Crippen molar-refractivity contribution in [1.29, 1.82) is 0 Å². The van der Waals surface area contributed by atoms with Gasteiger partial charge in [-0.1, -0.05) is 20.8 Å². The molecule has 0 aromatic carbocycles. The maximum absolute atomic E-state index is 11.9. The van der Waals surface area contributed by atoms with Gasteiger partial charge in [0.05, 0.1) is 0 Å². The van der Waals surface area contributed by atoms with Crippen LogP contribution in [0.15, 0.2) is 16.9 Å². The van der Waals surface area contributed by atoms with Gasteiger partial charge in [0.15, 0.2) is 0 Å². The zero-order valence-electron chi connectivity index (χ0n) is 11.4. The SMILES string of the molecule is Cc1ccc(C(=O)N[C@H](C(=O)O)C(C)(C)C)c(=O)[nH]1. The Hall–Kier alpha value is -2.11. The van der Waals surface area contributed by atoms with Crippen molar-refractivity contribution in [1.82, 2.24) is 10.3 Å².